The number of carbonyl (C=O) groups is 1. The molecule has 0 atom stereocenters. The van der Waals surface area contributed by atoms with Crippen LogP contribution in [0.25, 0.3) is 0 Å². The molecule has 0 spiro atoms. The molecule has 0 unspecified atom stereocenters. The van der Waals surface area contributed by atoms with E-state index < -0.39 is 12.3 Å². The fourth-order valence-electron chi connectivity index (χ4n) is 2.44. The van der Waals surface area contributed by atoms with Gasteiger partial charge >= 0.3 is 0 Å². The molecule has 2 aliphatic rings. The van der Waals surface area contributed by atoms with E-state index in [4.69, 9.17) is 0 Å². The van der Waals surface area contributed by atoms with Crippen LogP contribution in [0.2, 0.25) is 0 Å². The molecule has 1 aliphatic heterocycles. The zero-order chi connectivity index (χ0) is 10.2. The lowest BCUT2D eigenvalue weighted by atomic mass is 9.94. The van der Waals surface area contributed by atoms with Crippen LogP contribution in [0.1, 0.15) is 38.5 Å². The highest BCUT2D eigenvalue weighted by molar-refractivity contribution is 5.80. The van der Waals surface area contributed by atoms with Gasteiger partial charge in [0.15, 0.2) is 0 Å². The summed E-state index contributed by atoms with van der Waals surface area (Å²) in [5, 5.41) is 0. The second-order valence-corrected chi connectivity index (χ2v) is 4.35. The van der Waals surface area contributed by atoms with Gasteiger partial charge in [-0.05, 0) is 12.8 Å². The normalized spacial score (nSPS) is 28.4. The first kappa shape index (κ1) is 9.87. The molecule has 1 heterocycles. The molecule has 0 aromatic heterocycles. The number of likely N-dealkylation sites (tertiary alicyclic amines) is 1. The molecular formula is C10H15F2NO. The second kappa shape index (κ2) is 3.48. The molecule has 0 bridgehead atoms. The summed E-state index contributed by atoms with van der Waals surface area (Å²) in [6, 6.07) is 0.0876. The maximum Gasteiger partial charge on any atom is 0.274 e. The van der Waals surface area contributed by atoms with E-state index in [1.165, 1.54) is 11.3 Å². The summed E-state index contributed by atoms with van der Waals surface area (Å²) in [6.45, 7) is -0.351. The van der Waals surface area contributed by atoms with Crippen LogP contribution in [0.15, 0.2) is 0 Å². The number of carbonyl (C=O) groups excluding carboxylic acids is 1. The van der Waals surface area contributed by atoms with Crippen molar-refractivity contribution in [3.8, 4) is 0 Å². The lowest BCUT2D eigenvalue weighted by molar-refractivity contribution is -0.130. The van der Waals surface area contributed by atoms with E-state index in [1.54, 1.807) is 0 Å². The van der Waals surface area contributed by atoms with Crippen molar-refractivity contribution in [3.63, 3.8) is 0 Å². The molecule has 1 saturated heterocycles. The standard InChI is InChI=1S/C10H15F2NO/c11-10(12)6-9(14)13(7-10)8-4-2-1-3-5-8/h8H,1-7H2. The number of halogens is 2. The van der Waals surface area contributed by atoms with Gasteiger partial charge in [-0.15, -0.1) is 0 Å². The Hall–Kier alpha value is -0.670. The van der Waals surface area contributed by atoms with E-state index >= 15 is 0 Å². The van der Waals surface area contributed by atoms with Gasteiger partial charge in [0.1, 0.15) is 0 Å². The van der Waals surface area contributed by atoms with Crippen molar-refractivity contribution < 1.29 is 13.6 Å². The van der Waals surface area contributed by atoms with E-state index in [0.29, 0.717) is 0 Å². The van der Waals surface area contributed by atoms with Crippen molar-refractivity contribution in [1.29, 1.82) is 0 Å². The molecule has 0 N–H and O–H groups in total. The highest BCUT2D eigenvalue weighted by atomic mass is 19.3. The molecule has 4 heteroatoms. The van der Waals surface area contributed by atoms with E-state index in [0.717, 1.165) is 25.7 Å². The lowest BCUT2D eigenvalue weighted by Crippen LogP contribution is -2.38. The third kappa shape index (κ3) is 1.88. The van der Waals surface area contributed by atoms with Gasteiger partial charge < -0.3 is 4.90 Å². The van der Waals surface area contributed by atoms with Gasteiger partial charge in [-0.3, -0.25) is 4.79 Å². The van der Waals surface area contributed by atoms with Crippen molar-refractivity contribution in [1.82, 2.24) is 4.90 Å². The fourth-order valence-corrected chi connectivity index (χ4v) is 2.44. The first-order valence-corrected chi connectivity index (χ1v) is 5.26. The third-order valence-corrected chi connectivity index (χ3v) is 3.15. The van der Waals surface area contributed by atoms with Crippen LogP contribution in [0.5, 0.6) is 0 Å². The average molecular weight is 203 g/mol. The molecule has 1 aliphatic carbocycles. The maximum absolute atomic E-state index is 12.9. The molecule has 2 nitrogen and oxygen atoms in total. The Morgan fingerprint density at radius 2 is 1.86 bits per heavy atom. The van der Waals surface area contributed by atoms with Gasteiger partial charge in [-0.25, -0.2) is 8.78 Å². The number of nitrogens with zero attached hydrogens (tertiary/aromatic N) is 1. The minimum absolute atomic E-state index is 0.0876. The largest absolute Gasteiger partial charge is 0.333 e. The quantitative estimate of drug-likeness (QED) is 0.639. The zero-order valence-corrected chi connectivity index (χ0v) is 8.14. The van der Waals surface area contributed by atoms with E-state index in [2.05, 4.69) is 0 Å². The van der Waals surface area contributed by atoms with Crippen LogP contribution < -0.4 is 0 Å². The molecule has 1 amide bonds. The predicted molar refractivity (Wildman–Crippen MR) is 48.2 cm³/mol. The number of hydrogen-bond acceptors (Lipinski definition) is 1. The predicted octanol–water partition coefficient (Wildman–Crippen LogP) is 2.19. The van der Waals surface area contributed by atoms with E-state index in [1.807, 2.05) is 0 Å². The number of amides is 1. The summed E-state index contributed by atoms with van der Waals surface area (Å²) in [5.41, 5.74) is 0. The van der Waals surface area contributed by atoms with Crippen LogP contribution in [0.3, 0.4) is 0 Å². The van der Waals surface area contributed by atoms with Crippen molar-refractivity contribution in [3.05, 3.63) is 0 Å². The van der Waals surface area contributed by atoms with Gasteiger partial charge in [-0.2, -0.15) is 0 Å². The van der Waals surface area contributed by atoms with Crippen LogP contribution >= 0.6 is 0 Å². The second-order valence-electron chi connectivity index (χ2n) is 4.35. The summed E-state index contributed by atoms with van der Waals surface area (Å²) in [4.78, 5) is 12.7. The minimum atomic E-state index is -2.78. The van der Waals surface area contributed by atoms with Crippen molar-refractivity contribution in [2.45, 2.75) is 50.5 Å². The Labute approximate surface area is 82.3 Å². The smallest absolute Gasteiger partial charge is 0.274 e. The Kier molecular flexibility index (Phi) is 2.45. The van der Waals surface area contributed by atoms with Crippen molar-refractivity contribution in [2.24, 2.45) is 0 Å². The van der Waals surface area contributed by atoms with E-state index in [-0.39, 0.29) is 18.5 Å². The van der Waals surface area contributed by atoms with Gasteiger partial charge in [0.05, 0.1) is 13.0 Å². The summed E-state index contributed by atoms with van der Waals surface area (Å²) in [6.07, 6.45) is 4.54. The Bertz CT molecular complexity index is 236. The topological polar surface area (TPSA) is 20.3 Å². The number of alkyl halides is 2. The van der Waals surface area contributed by atoms with Crippen LogP contribution in [0.4, 0.5) is 8.78 Å². The molecule has 0 aromatic rings. The zero-order valence-electron chi connectivity index (χ0n) is 8.14. The molecule has 0 radical (unpaired) electrons. The third-order valence-electron chi connectivity index (χ3n) is 3.15. The molecule has 14 heavy (non-hydrogen) atoms. The Morgan fingerprint density at radius 3 is 2.36 bits per heavy atom. The summed E-state index contributed by atoms with van der Waals surface area (Å²) in [5.74, 6) is -3.14. The highest BCUT2D eigenvalue weighted by Gasteiger charge is 2.46. The number of hydrogen-bond donors (Lipinski definition) is 0. The Balaban J connectivity index is 2.00. The lowest BCUT2D eigenvalue weighted by Gasteiger charge is -2.30. The monoisotopic (exact) mass is 203 g/mol. The molecule has 2 rings (SSSR count). The van der Waals surface area contributed by atoms with E-state index in [9.17, 15) is 13.6 Å². The fraction of sp³-hybridized carbons (Fsp3) is 0.900. The highest BCUT2D eigenvalue weighted by Crippen LogP contribution is 2.33. The van der Waals surface area contributed by atoms with Crippen LogP contribution in [-0.4, -0.2) is 29.3 Å². The first-order chi connectivity index (χ1) is 6.58. The molecular weight excluding hydrogens is 188 g/mol. The molecule has 80 valence electrons. The van der Waals surface area contributed by atoms with Crippen LogP contribution in [0, 0.1) is 0 Å². The van der Waals surface area contributed by atoms with Gasteiger partial charge in [0.25, 0.3) is 5.92 Å². The van der Waals surface area contributed by atoms with Crippen LogP contribution in [-0.2, 0) is 4.79 Å². The summed E-state index contributed by atoms with van der Waals surface area (Å²) < 4.78 is 25.9. The molecule has 0 aromatic carbocycles. The maximum atomic E-state index is 12.9. The van der Waals surface area contributed by atoms with Crippen molar-refractivity contribution in [2.75, 3.05) is 6.54 Å². The molecule has 1 saturated carbocycles. The first-order valence-electron chi connectivity index (χ1n) is 5.26. The van der Waals surface area contributed by atoms with Crippen molar-refractivity contribution >= 4 is 5.91 Å². The summed E-state index contributed by atoms with van der Waals surface area (Å²) in [7, 11) is 0. The SMILES string of the molecule is O=C1CC(F)(F)CN1C1CCCCC1. The molecule has 2 fully saturated rings. The minimum Gasteiger partial charge on any atom is -0.333 e. The average Bonchev–Trinajstić information content (AvgIpc) is 2.41. The van der Waals surface area contributed by atoms with Gasteiger partial charge in [0.2, 0.25) is 5.91 Å². The van der Waals surface area contributed by atoms with Gasteiger partial charge in [0, 0.05) is 6.04 Å². The number of rotatable bonds is 1. The summed E-state index contributed by atoms with van der Waals surface area (Å²) >= 11 is 0. The van der Waals surface area contributed by atoms with Gasteiger partial charge in [-0.1, -0.05) is 19.3 Å². The Morgan fingerprint density at radius 1 is 1.21 bits per heavy atom.